The number of hydrogen-bond donors (Lipinski definition) is 5. The average molecular weight is 964 g/mol. The molecule has 0 radical (unpaired) electrons. The summed E-state index contributed by atoms with van der Waals surface area (Å²) in [5, 5.41) is 15.7. The summed E-state index contributed by atoms with van der Waals surface area (Å²) in [6.45, 7) is 8.75. The van der Waals surface area contributed by atoms with Gasteiger partial charge in [-0.05, 0) is 31.0 Å². The molecule has 3 aromatic rings. The minimum Gasteiger partial charge on any atom is -0.377 e. The number of aromatic nitrogens is 4. The van der Waals surface area contributed by atoms with Gasteiger partial charge in [0.15, 0.2) is 5.13 Å². The predicted octanol–water partition coefficient (Wildman–Crippen LogP) is 2.46. The Morgan fingerprint density at radius 2 is 1.17 bits per heavy atom. The topological polar surface area (TPSA) is 246 Å². The fraction of sp³-hybridized carbons (Fsp3) is 0.651. The van der Waals surface area contributed by atoms with Gasteiger partial charge < -0.3 is 69.2 Å². The van der Waals surface area contributed by atoms with E-state index in [2.05, 4.69) is 46.5 Å². The number of urea groups is 1. The lowest BCUT2D eigenvalue weighted by atomic mass is 10.0. The van der Waals surface area contributed by atoms with Crippen LogP contribution in [0.1, 0.15) is 35.4 Å². The number of ether oxygens (including phenoxy) is 9. The smallest absolute Gasteiger partial charge is 0.315 e. The van der Waals surface area contributed by atoms with Crippen LogP contribution in [0, 0.1) is 0 Å². The summed E-state index contributed by atoms with van der Waals surface area (Å²) in [6, 6.07) is 7.55. The highest BCUT2D eigenvalue weighted by molar-refractivity contribution is 8.00. The van der Waals surface area contributed by atoms with Crippen molar-refractivity contribution < 1.29 is 57.0 Å². The van der Waals surface area contributed by atoms with Crippen LogP contribution in [0.4, 0.5) is 15.9 Å². The van der Waals surface area contributed by atoms with Crippen molar-refractivity contribution in [2.24, 2.45) is 0 Å². The van der Waals surface area contributed by atoms with Crippen LogP contribution in [0.3, 0.4) is 0 Å². The number of carbonyl (C=O) groups excluding carboxylic acids is 3. The first kappa shape index (κ1) is 52.8. The largest absolute Gasteiger partial charge is 0.377 e. The summed E-state index contributed by atoms with van der Waals surface area (Å²) >= 11 is 3.09. The second-order valence-electron chi connectivity index (χ2n) is 14.6. The second kappa shape index (κ2) is 33.4. The van der Waals surface area contributed by atoms with Crippen molar-refractivity contribution in [1.29, 1.82) is 0 Å². The number of anilines is 2. The Morgan fingerprint density at radius 1 is 0.636 bits per heavy atom. The Bertz CT molecular complexity index is 1780. The second-order valence-corrected chi connectivity index (χ2v) is 16.9. The number of nitrogens with one attached hydrogen (secondary N) is 5. The molecule has 2 aliphatic rings. The van der Waals surface area contributed by atoms with Crippen LogP contribution in [0.2, 0.25) is 0 Å². The van der Waals surface area contributed by atoms with E-state index in [4.69, 9.17) is 42.6 Å². The molecule has 366 valence electrons. The van der Waals surface area contributed by atoms with Gasteiger partial charge in [0, 0.05) is 49.1 Å². The van der Waals surface area contributed by atoms with Crippen molar-refractivity contribution in [1.82, 2.24) is 41.2 Å². The number of unbranched alkanes of at least 4 members (excludes halogenated alkanes) is 1. The van der Waals surface area contributed by atoms with E-state index in [0.29, 0.717) is 171 Å². The van der Waals surface area contributed by atoms with E-state index in [1.165, 1.54) is 11.3 Å². The number of hydrogen-bond acceptors (Lipinski definition) is 19. The summed E-state index contributed by atoms with van der Waals surface area (Å²) in [6.07, 6.45) is 8.20. The van der Waals surface area contributed by atoms with Crippen LogP contribution in [0.15, 0.2) is 42.9 Å². The zero-order valence-corrected chi connectivity index (χ0v) is 39.1. The Kier molecular flexibility index (Phi) is 26.7. The van der Waals surface area contributed by atoms with Gasteiger partial charge in [-0.15, -0.1) is 0 Å². The Labute approximate surface area is 394 Å². The molecule has 5 N–H and O–H groups in total. The highest BCUT2D eigenvalue weighted by Crippen LogP contribution is 2.33. The number of thiazole rings is 1. The molecule has 4 amide bonds. The van der Waals surface area contributed by atoms with E-state index in [0.717, 1.165) is 25.0 Å². The fourth-order valence-corrected chi connectivity index (χ4v) is 8.89. The summed E-state index contributed by atoms with van der Waals surface area (Å²) < 4.78 is 49.8. The molecule has 2 saturated heterocycles. The van der Waals surface area contributed by atoms with Crippen LogP contribution in [-0.2, 0) is 47.4 Å². The van der Waals surface area contributed by atoms with E-state index in [1.54, 1.807) is 36.8 Å². The molecule has 23 heteroatoms. The van der Waals surface area contributed by atoms with Gasteiger partial charge in [0.1, 0.15) is 10.6 Å². The van der Waals surface area contributed by atoms with Crippen LogP contribution in [0.25, 0.3) is 11.4 Å². The maximum atomic E-state index is 13.1. The van der Waals surface area contributed by atoms with Crippen LogP contribution in [0.5, 0.6) is 0 Å². The number of pyridine rings is 1. The summed E-state index contributed by atoms with van der Waals surface area (Å²) in [5.74, 6) is 1.09. The normalized spacial score (nSPS) is 16.5. The standard InChI is InChI=1S/C43H65N9O12S2/c53-36(8-2-1-7-35-37-34(32-65-35)49-42(55)50-37)45-12-14-56-16-18-58-20-22-60-24-26-62-28-30-64-31-29-63-27-25-61-23-21-59-19-17-57-15-13-46-40(54)39-38(33-6-3-4-9-44-33)51-43(66-39)52-41-47-10-5-11-48-41/h3-6,9-11,34-35,37H,1-2,7-8,12-32H2,(H,45,53)(H,46,54)(H2,49,50,55)(H,47,48,51,52)/t34-,35?,37?/m0/s1. The quantitative estimate of drug-likeness (QED) is 0.0407. The van der Waals surface area contributed by atoms with Gasteiger partial charge in [-0.1, -0.05) is 23.8 Å². The number of nitrogens with zero attached hydrogens (tertiary/aromatic N) is 4. The van der Waals surface area contributed by atoms with Gasteiger partial charge in [-0.2, -0.15) is 11.8 Å². The molecule has 66 heavy (non-hydrogen) atoms. The molecule has 5 heterocycles. The Balaban J connectivity index is 0.695. The number of amides is 4. The minimum atomic E-state index is -0.278. The third-order valence-corrected chi connectivity index (χ3v) is 12.2. The van der Waals surface area contributed by atoms with Gasteiger partial charge in [0.05, 0.1) is 137 Å². The first-order valence-electron chi connectivity index (χ1n) is 22.5. The monoisotopic (exact) mass is 963 g/mol. The van der Waals surface area contributed by atoms with Crippen molar-refractivity contribution >= 4 is 52.0 Å². The lowest BCUT2D eigenvalue weighted by Crippen LogP contribution is -2.36. The summed E-state index contributed by atoms with van der Waals surface area (Å²) in [4.78, 5) is 54.3. The zero-order valence-electron chi connectivity index (χ0n) is 37.5. The molecule has 0 aliphatic carbocycles. The lowest BCUT2D eigenvalue weighted by molar-refractivity contribution is -0.121. The molecule has 0 bridgehead atoms. The number of thioether (sulfide) groups is 1. The highest BCUT2D eigenvalue weighted by atomic mass is 32.2. The molecular formula is C43H65N9O12S2. The first-order valence-corrected chi connectivity index (χ1v) is 24.3. The lowest BCUT2D eigenvalue weighted by Gasteiger charge is -2.16. The summed E-state index contributed by atoms with van der Waals surface area (Å²) in [7, 11) is 0. The summed E-state index contributed by atoms with van der Waals surface area (Å²) in [5.41, 5.74) is 1.06. The molecule has 2 unspecified atom stereocenters. The van der Waals surface area contributed by atoms with Gasteiger partial charge in [0.25, 0.3) is 5.91 Å². The van der Waals surface area contributed by atoms with Gasteiger partial charge in [0.2, 0.25) is 11.9 Å². The third-order valence-electron chi connectivity index (χ3n) is 9.68. The van der Waals surface area contributed by atoms with Crippen LogP contribution in [-0.4, -0.2) is 193 Å². The van der Waals surface area contributed by atoms with Crippen molar-refractivity contribution in [2.75, 3.05) is 143 Å². The zero-order chi connectivity index (χ0) is 46.1. The molecule has 3 aromatic heterocycles. The van der Waals surface area contributed by atoms with Crippen LogP contribution < -0.4 is 26.6 Å². The Morgan fingerprint density at radius 3 is 1.71 bits per heavy atom. The molecule has 3 atom stereocenters. The van der Waals surface area contributed by atoms with Gasteiger partial charge >= 0.3 is 6.03 Å². The van der Waals surface area contributed by atoms with E-state index in [-0.39, 0.29) is 29.9 Å². The van der Waals surface area contributed by atoms with Crippen molar-refractivity contribution in [3.63, 3.8) is 0 Å². The van der Waals surface area contributed by atoms with Crippen LogP contribution >= 0.6 is 23.1 Å². The highest BCUT2D eigenvalue weighted by Gasteiger charge is 2.42. The number of fused-ring (bicyclic) bond motifs is 1. The molecule has 2 fully saturated rings. The fourth-order valence-electron chi connectivity index (χ4n) is 6.47. The minimum absolute atomic E-state index is 0.0361. The van der Waals surface area contributed by atoms with Crippen molar-refractivity contribution in [3.05, 3.63) is 47.7 Å². The van der Waals surface area contributed by atoms with Crippen molar-refractivity contribution in [3.8, 4) is 11.4 Å². The average Bonchev–Trinajstić information content (AvgIpc) is 4.04. The maximum absolute atomic E-state index is 13.1. The van der Waals surface area contributed by atoms with Gasteiger partial charge in [-0.3, -0.25) is 14.6 Å². The molecular weight excluding hydrogens is 899 g/mol. The molecule has 0 aromatic carbocycles. The van der Waals surface area contributed by atoms with Crippen molar-refractivity contribution in [2.45, 2.75) is 43.0 Å². The van der Waals surface area contributed by atoms with E-state index >= 15 is 0 Å². The van der Waals surface area contributed by atoms with E-state index in [9.17, 15) is 14.4 Å². The number of carbonyl (C=O) groups is 3. The molecule has 21 nitrogen and oxygen atoms in total. The Hall–Kier alpha value is -4.14. The SMILES string of the molecule is O=C(CCCCC1SC[C@@H]2NC(=O)NC12)NCCOCCOCCOCCOCCOCCOCCOCCOCCOCCNC(=O)c1sc(Nc2ncccn2)nc1-c1ccccn1. The van der Waals surface area contributed by atoms with E-state index in [1.807, 2.05) is 17.8 Å². The molecule has 2 aliphatic heterocycles. The molecule has 5 rings (SSSR count). The predicted molar refractivity (Wildman–Crippen MR) is 247 cm³/mol. The maximum Gasteiger partial charge on any atom is 0.315 e. The van der Waals surface area contributed by atoms with Gasteiger partial charge in [-0.25, -0.2) is 19.7 Å². The third kappa shape index (κ3) is 21.7. The van der Waals surface area contributed by atoms with E-state index < -0.39 is 0 Å². The molecule has 0 saturated carbocycles. The molecule has 0 spiro atoms. The first-order chi connectivity index (χ1) is 32.6. The number of rotatable bonds is 39.